The largest absolute Gasteiger partial charge is 0.350 e. The Labute approximate surface area is 141 Å². The normalized spacial score (nSPS) is 18.9. The summed E-state index contributed by atoms with van der Waals surface area (Å²) in [5, 5.41) is 0. The van der Waals surface area contributed by atoms with Crippen LogP contribution >= 0.6 is 0 Å². The maximum absolute atomic E-state index is 2.69. The molecular formula is C21H30N2. The van der Waals surface area contributed by atoms with Crippen molar-refractivity contribution >= 4 is 0 Å². The van der Waals surface area contributed by atoms with E-state index >= 15 is 0 Å². The Balaban J connectivity index is 1.94. The van der Waals surface area contributed by atoms with Crippen LogP contribution in [0.3, 0.4) is 0 Å². The van der Waals surface area contributed by atoms with E-state index in [9.17, 15) is 0 Å². The molecule has 0 saturated heterocycles. The molecule has 1 aromatic carbocycles. The van der Waals surface area contributed by atoms with Gasteiger partial charge < -0.3 is 4.57 Å². The summed E-state index contributed by atoms with van der Waals surface area (Å²) >= 11 is 0. The number of aromatic nitrogens is 1. The summed E-state index contributed by atoms with van der Waals surface area (Å²) in [5.41, 5.74) is 4.31. The molecule has 1 aliphatic rings. The van der Waals surface area contributed by atoms with E-state index in [1.54, 1.807) is 0 Å². The summed E-state index contributed by atoms with van der Waals surface area (Å²) in [6, 6.07) is 14.2. The number of benzene rings is 1. The lowest BCUT2D eigenvalue weighted by Gasteiger charge is -2.31. The first-order valence-corrected chi connectivity index (χ1v) is 9.17. The highest BCUT2D eigenvalue weighted by atomic mass is 15.2. The van der Waals surface area contributed by atoms with Crippen LogP contribution < -0.4 is 0 Å². The average molecular weight is 310 g/mol. The van der Waals surface area contributed by atoms with Crippen molar-refractivity contribution in [3.8, 4) is 0 Å². The van der Waals surface area contributed by atoms with E-state index in [0.29, 0.717) is 6.04 Å². The highest BCUT2D eigenvalue weighted by Gasteiger charge is 2.26. The fraction of sp³-hybridized carbons (Fsp3) is 0.524. The molecule has 0 saturated carbocycles. The van der Waals surface area contributed by atoms with E-state index in [1.807, 2.05) is 0 Å². The SMILES string of the molecule is CCc1ccc([C@@H]2c3cccn3CCCN2CCC(C)C)cc1. The van der Waals surface area contributed by atoms with Gasteiger partial charge in [0, 0.05) is 25.0 Å². The third-order valence-electron chi connectivity index (χ3n) is 5.05. The Hall–Kier alpha value is -1.54. The lowest BCUT2D eigenvalue weighted by Crippen LogP contribution is -2.31. The highest BCUT2D eigenvalue weighted by molar-refractivity contribution is 5.32. The van der Waals surface area contributed by atoms with Crippen molar-refractivity contribution < 1.29 is 0 Å². The topological polar surface area (TPSA) is 8.17 Å². The maximum atomic E-state index is 2.69. The van der Waals surface area contributed by atoms with Crippen molar-refractivity contribution in [2.45, 2.75) is 52.6 Å². The Kier molecular flexibility index (Phi) is 5.22. The van der Waals surface area contributed by atoms with Gasteiger partial charge in [-0.05, 0) is 55.0 Å². The monoisotopic (exact) mass is 310 g/mol. The number of nitrogens with zero attached hydrogens (tertiary/aromatic N) is 2. The van der Waals surface area contributed by atoms with E-state index in [-0.39, 0.29) is 0 Å². The molecule has 2 aromatic rings. The van der Waals surface area contributed by atoms with Gasteiger partial charge in [-0.3, -0.25) is 4.90 Å². The summed E-state index contributed by atoms with van der Waals surface area (Å²) in [5.74, 6) is 0.758. The smallest absolute Gasteiger partial charge is 0.0756 e. The van der Waals surface area contributed by atoms with E-state index in [0.717, 1.165) is 18.9 Å². The van der Waals surface area contributed by atoms with Crippen molar-refractivity contribution in [1.29, 1.82) is 0 Å². The molecule has 2 nitrogen and oxygen atoms in total. The number of hydrogen-bond acceptors (Lipinski definition) is 1. The van der Waals surface area contributed by atoms with Gasteiger partial charge in [0.1, 0.15) is 0 Å². The van der Waals surface area contributed by atoms with E-state index in [4.69, 9.17) is 0 Å². The van der Waals surface area contributed by atoms with Crippen LogP contribution in [-0.4, -0.2) is 22.6 Å². The van der Waals surface area contributed by atoms with Crippen LogP contribution in [0.1, 0.15) is 56.5 Å². The Morgan fingerprint density at radius 2 is 1.87 bits per heavy atom. The fourth-order valence-corrected chi connectivity index (χ4v) is 3.62. The third-order valence-corrected chi connectivity index (χ3v) is 5.05. The van der Waals surface area contributed by atoms with Gasteiger partial charge >= 0.3 is 0 Å². The van der Waals surface area contributed by atoms with Crippen LogP contribution in [-0.2, 0) is 13.0 Å². The molecule has 0 N–H and O–H groups in total. The van der Waals surface area contributed by atoms with Crippen LogP contribution in [0.4, 0.5) is 0 Å². The zero-order chi connectivity index (χ0) is 16.2. The van der Waals surface area contributed by atoms with Gasteiger partial charge in [-0.2, -0.15) is 0 Å². The molecule has 0 amide bonds. The molecule has 0 fully saturated rings. The molecule has 0 unspecified atom stereocenters. The predicted octanol–water partition coefficient (Wildman–Crippen LogP) is 4.89. The van der Waals surface area contributed by atoms with Gasteiger partial charge in [0.2, 0.25) is 0 Å². The minimum absolute atomic E-state index is 0.400. The minimum atomic E-state index is 0.400. The molecule has 0 radical (unpaired) electrons. The van der Waals surface area contributed by atoms with Crippen LogP contribution in [0.15, 0.2) is 42.6 Å². The van der Waals surface area contributed by atoms with E-state index in [1.165, 1.54) is 42.8 Å². The lowest BCUT2D eigenvalue weighted by atomic mass is 9.99. The Bertz CT molecular complexity index is 609. The number of rotatable bonds is 5. The summed E-state index contributed by atoms with van der Waals surface area (Å²) < 4.78 is 2.45. The molecule has 1 aliphatic heterocycles. The second kappa shape index (κ2) is 7.35. The lowest BCUT2D eigenvalue weighted by molar-refractivity contribution is 0.216. The second-order valence-electron chi connectivity index (χ2n) is 7.20. The molecule has 1 aromatic heterocycles. The molecule has 0 bridgehead atoms. The van der Waals surface area contributed by atoms with Gasteiger partial charge in [0.05, 0.1) is 6.04 Å². The molecule has 0 spiro atoms. The van der Waals surface area contributed by atoms with Crippen LogP contribution in [0.5, 0.6) is 0 Å². The van der Waals surface area contributed by atoms with Gasteiger partial charge in [-0.1, -0.05) is 45.0 Å². The molecular weight excluding hydrogens is 280 g/mol. The predicted molar refractivity (Wildman–Crippen MR) is 97.7 cm³/mol. The van der Waals surface area contributed by atoms with Crippen LogP contribution in [0, 0.1) is 5.92 Å². The van der Waals surface area contributed by atoms with Crippen molar-refractivity contribution in [2.24, 2.45) is 5.92 Å². The molecule has 2 heteroatoms. The standard InChI is InChI=1S/C21H30N2/c1-4-18-8-10-19(11-9-18)21-20-7-5-13-22(20)14-6-15-23(21)16-12-17(2)3/h5,7-11,13,17,21H,4,6,12,14-16H2,1-3H3/t21-/m1/s1. The average Bonchev–Trinajstić information content (AvgIpc) is 2.94. The Morgan fingerprint density at radius 3 is 2.57 bits per heavy atom. The molecule has 0 aliphatic carbocycles. The van der Waals surface area contributed by atoms with Crippen LogP contribution in [0.25, 0.3) is 0 Å². The number of fused-ring (bicyclic) bond motifs is 1. The number of hydrogen-bond donors (Lipinski definition) is 0. The third kappa shape index (κ3) is 3.69. The van der Waals surface area contributed by atoms with Gasteiger partial charge in [-0.25, -0.2) is 0 Å². The minimum Gasteiger partial charge on any atom is -0.350 e. The first kappa shape index (κ1) is 16.3. The first-order valence-electron chi connectivity index (χ1n) is 9.17. The quantitative estimate of drug-likeness (QED) is 0.763. The van der Waals surface area contributed by atoms with Crippen molar-refractivity contribution in [3.63, 3.8) is 0 Å². The van der Waals surface area contributed by atoms with Crippen molar-refractivity contribution in [2.75, 3.05) is 13.1 Å². The second-order valence-corrected chi connectivity index (χ2v) is 7.20. The molecule has 2 heterocycles. The summed E-state index contributed by atoms with van der Waals surface area (Å²) in [4.78, 5) is 2.69. The maximum Gasteiger partial charge on any atom is 0.0756 e. The molecule has 23 heavy (non-hydrogen) atoms. The van der Waals surface area contributed by atoms with Gasteiger partial charge in [0.15, 0.2) is 0 Å². The highest BCUT2D eigenvalue weighted by Crippen LogP contribution is 2.32. The van der Waals surface area contributed by atoms with E-state index in [2.05, 4.69) is 72.8 Å². The summed E-state index contributed by atoms with van der Waals surface area (Å²) in [6.07, 6.45) is 5.86. The van der Waals surface area contributed by atoms with Crippen molar-refractivity contribution in [1.82, 2.24) is 9.47 Å². The van der Waals surface area contributed by atoms with E-state index < -0.39 is 0 Å². The molecule has 3 rings (SSSR count). The zero-order valence-corrected chi connectivity index (χ0v) is 14.8. The van der Waals surface area contributed by atoms with Crippen molar-refractivity contribution in [3.05, 3.63) is 59.4 Å². The van der Waals surface area contributed by atoms with Gasteiger partial charge in [0.25, 0.3) is 0 Å². The number of aryl methyl sites for hydroxylation is 2. The zero-order valence-electron chi connectivity index (χ0n) is 14.8. The Morgan fingerprint density at radius 1 is 1.09 bits per heavy atom. The summed E-state index contributed by atoms with van der Waals surface area (Å²) in [6.45, 7) is 10.4. The van der Waals surface area contributed by atoms with Gasteiger partial charge in [-0.15, -0.1) is 0 Å². The first-order chi connectivity index (χ1) is 11.2. The molecule has 124 valence electrons. The molecule has 1 atom stereocenters. The van der Waals surface area contributed by atoms with Crippen LogP contribution in [0.2, 0.25) is 0 Å². The summed E-state index contributed by atoms with van der Waals surface area (Å²) in [7, 11) is 0. The fourth-order valence-electron chi connectivity index (χ4n) is 3.62.